The molecule has 1 aromatic rings. The molecular formula is C15H18Cl3N3O4. The molecule has 138 valence electrons. The molecule has 1 N–H and O–H groups in total. The highest BCUT2D eigenvalue weighted by molar-refractivity contribution is 6.68. The largest absolute Gasteiger partial charge is 0.373 e. The van der Waals surface area contributed by atoms with Gasteiger partial charge in [-0.25, -0.2) is 0 Å². The Labute approximate surface area is 160 Å². The van der Waals surface area contributed by atoms with E-state index in [2.05, 4.69) is 5.32 Å². The summed E-state index contributed by atoms with van der Waals surface area (Å²) >= 11 is 18.2. The minimum absolute atomic E-state index is 0.0742. The van der Waals surface area contributed by atoms with E-state index >= 15 is 0 Å². The first kappa shape index (κ1) is 20.2. The van der Waals surface area contributed by atoms with E-state index in [4.69, 9.17) is 39.5 Å². The normalized spacial score (nSPS) is 23.1. The van der Waals surface area contributed by atoms with Crippen molar-refractivity contribution in [3.63, 3.8) is 0 Å². The molecule has 0 aliphatic carbocycles. The van der Waals surface area contributed by atoms with E-state index in [0.717, 1.165) is 0 Å². The number of nitro groups is 1. The van der Waals surface area contributed by atoms with E-state index in [9.17, 15) is 14.9 Å². The number of carbonyl (C=O) groups is 1. The van der Waals surface area contributed by atoms with Crippen molar-refractivity contribution >= 4 is 46.4 Å². The zero-order chi connectivity index (χ0) is 18.8. The molecule has 1 amide bonds. The average Bonchev–Trinajstić information content (AvgIpc) is 2.50. The number of nitro benzene ring substituents is 1. The van der Waals surface area contributed by atoms with Crippen molar-refractivity contribution in [3.8, 4) is 0 Å². The van der Waals surface area contributed by atoms with Crippen LogP contribution in [0.4, 0.5) is 5.69 Å². The molecular weight excluding hydrogens is 393 g/mol. The summed E-state index contributed by atoms with van der Waals surface area (Å²) in [6.45, 7) is 4.78. The summed E-state index contributed by atoms with van der Waals surface area (Å²) in [6, 6.07) is 5.21. The van der Waals surface area contributed by atoms with Crippen LogP contribution in [-0.4, -0.2) is 51.0 Å². The number of morpholine rings is 1. The van der Waals surface area contributed by atoms with Crippen LogP contribution in [0.25, 0.3) is 0 Å². The Morgan fingerprint density at radius 1 is 1.28 bits per heavy atom. The number of non-ortho nitro benzene ring substituents is 1. The van der Waals surface area contributed by atoms with Gasteiger partial charge in [0.15, 0.2) is 0 Å². The molecule has 0 bridgehead atoms. The van der Waals surface area contributed by atoms with Crippen LogP contribution in [0.2, 0.25) is 0 Å². The second-order valence-corrected chi connectivity index (χ2v) is 8.30. The third-order valence-electron chi connectivity index (χ3n) is 3.73. The average molecular weight is 411 g/mol. The summed E-state index contributed by atoms with van der Waals surface area (Å²) in [4.78, 5) is 24.5. The molecule has 3 atom stereocenters. The predicted octanol–water partition coefficient (Wildman–Crippen LogP) is 3.13. The van der Waals surface area contributed by atoms with Gasteiger partial charge in [0.2, 0.25) is 3.79 Å². The fourth-order valence-corrected chi connectivity index (χ4v) is 3.33. The maximum absolute atomic E-state index is 12.5. The number of alkyl halides is 3. The monoisotopic (exact) mass is 409 g/mol. The molecule has 7 nitrogen and oxygen atoms in total. The fourth-order valence-electron chi connectivity index (χ4n) is 2.75. The highest BCUT2D eigenvalue weighted by atomic mass is 35.6. The molecule has 0 spiro atoms. The maximum atomic E-state index is 12.5. The lowest BCUT2D eigenvalue weighted by molar-refractivity contribution is -0.384. The van der Waals surface area contributed by atoms with Crippen LogP contribution in [0.5, 0.6) is 0 Å². The molecule has 0 unspecified atom stereocenters. The first-order valence-corrected chi connectivity index (χ1v) is 8.73. The SMILES string of the molecule is C[C@H]1CN([C@H](NC(=O)c2ccc([N+](=O)[O-])cc2)C(Cl)(Cl)Cl)C[C@H](C)O1. The van der Waals surface area contributed by atoms with Crippen LogP contribution in [-0.2, 0) is 4.74 Å². The number of rotatable bonds is 4. The second kappa shape index (κ2) is 8.05. The van der Waals surface area contributed by atoms with Crippen molar-refractivity contribution in [2.24, 2.45) is 0 Å². The van der Waals surface area contributed by atoms with Gasteiger partial charge in [0, 0.05) is 30.8 Å². The smallest absolute Gasteiger partial charge is 0.269 e. The number of hydrogen-bond acceptors (Lipinski definition) is 5. The fraction of sp³-hybridized carbons (Fsp3) is 0.533. The molecule has 2 rings (SSSR count). The number of amides is 1. The number of carbonyl (C=O) groups excluding carboxylic acids is 1. The van der Waals surface area contributed by atoms with Gasteiger partial charge in [0.25, 0.3) is 11.6 Å². The zero-order valence-corrected chi connectivity index (χ0v) is 15.9. The maximum Gasteiger partial charge on any atom is 0.269 e. The van der Waals surface area contributed by atoms with E-state index in [1.165, 1.54) is 24.3 Å². The number of ether oxygens (including phenoxy) is 1. The van der Waals surface area contributed by atoms with Crippen molar-refractivity contribution in [2.75, 3.05) is 13.1 Å². The lowest BCUT2D eigenvalue weighted by Gasteiger charge is -2.42. The molecule has 1 heterocycles. The Morgan fingerprint density at radius 3 is 2.24 bits per heavy atom. The summed E-state index contributed by atoms with van der Waals surface area (Å²) in [5, 5.41) is 13.4. The molecule has 1 aliphatic heterocycles. The summed E-state index contributed by atoms with van der Waals surface area (Å²) in [5.74, 6) is -0.488. The number of nitrogens with zero attached hydrogens (tertiary/aromatic N) is 2. The summed E-state index contributed by atoms with van der Waals surface area (Å²) in [7, 11) is 0. The molecule has 0 aromatic heterocycles. The van der Waals surface area contributed by atoms with Gasteiger partial charge in [-0.3, -0.25) is 19.8 Å². The Morgan fingerprint density at radius 2 is 1.80 bits per heavy atom. The first-order valence-electron chi connectivity index (χ1n) is 7.59. The predicted molar refractivity (Wildman–Crippen MR) is 96.2 cm³/mol. The molecule has 1 aliphatic rings. The van der Waals surface area contributed by atoms with Gasteiger partial charge in [-0.2, -0.15) is 0 Å². The van der Waals surface area contributed by atoms with Gasteiger partial charge in [-0.15, -0.1) is 0 Å². The van der Waals surface area contributed by atoms with Crippen molar-refractivity contribution in [1.82, 2.24) is 10.2 Å². The van der Waals surface area contributed by atoms with Crippen LogP contribution in [0.1, 0.15) is 24.2 Å². The van der Waals surface area contributed by atoms with Gasteiger partial charge in [-0.05, 0) is 26.0 Å². The second-order valence-electron chi connectivity index (χ2n) is 5.93. The van der Waals surface area contributed by atoms with E-state index in [-0.39, 0.29) is 23.5 Å². The van der Waals surface area contributed by atoms with Crippen LogP contribution < -0.4 is 5.32 Å². The standard InChI is InChI=1S/C15H18Cl3N3O4/c1-9-7-20(8-10(2)25-9)14(15(16,17)18)19-13(22)11-3-5-12(6-4-11)21(23)24/h3-6,9-10,14H,7-8H2,1-2H3,(H,19,22)/t9-,10-,14-/m0/s1. The lowest BCUT2D eigenvalue weighted by Crippen LogP contribution is -2.60. The molecule has 0 radical (unpaired) electrons. The number of nitrogens with one attached hydrogen (secondary N) is 1. The van der Waals surface area contributed by atoms with Gasteiger partial charge in [0.05, 0.1) is 17.1 Å². The Kier molecular flexibility index (Phi) is 6.51. The van der Waals surface area contributed by atoms with E-state index < -0.39 is 20.8 Å². The van der Waals surface area contributed by atoms with Gasteiger partial charge < -0.3 is 10.1 Å². The van der Waals surface area contributed by atoms with Gasteiger partial charge in [0.1, 0.15) is 6.17 Å². The molecule has 25 heavy (non-hydrogen) atoms. The third-order valence-corrected chi connectivity index (χ3v) is 4.35. The summed E-state index contributed by atoms with van der Waals surface area (Å²) in [5.41, 5.74) is 0.129. The third kappa shape index (κ3) is 5.43. The zero-order valence-electron chi connectivity index (χ0n) is 13.6. The van der Waals surface area contributed by atoms with E-state index in [0.29, 0.717) is 13.1 Å². The van der Waals surface area contributed by atoms with Crippen LogP contribution in [0.15, 0.2) is 24.3 Å². The highest BCUT2D eigenvalue weighted by Crippen LogP contribution is 2.33. The first-order chi connectivity index (χ1) is 11.6. The van der Waals surface area contributed by atoms with Crippen molar-refractivity contribution in [2.45, 2.75) is 36.0 Å². The molecule has 1 saturated heterocycles. The van der Waals surface area contributed by atoms with E-state index in [1.54, 1.807) is 0 Å². The molecule has 1 aromatic carbocycles. The Balaban J connectivity index is 2.16. The summed E-state index contributed by atoms with van der Waals surface area (Å²) in [6.07, 6.45) is -1.02. The van der Waals surface area contributed by atoms with Crippen molar-refractivity contribution in [1.29, 1.82) is 0 Å². The molecule has 0 saturated carbocycles. The van der Waals surface area contributed by atoms with E-state index in [1.807, 2.05) is 18.7 Å². The molecule has 1 fully saturated rings. The van der Waals surface area contributed by atoms with Crippen LogP contribution in [0.3, 0.4) is 0 Å². The number of benzene rings is 1. The van der Waals surface area contributed by atoms with Gasteiger partial charge >= 0.3 is 0 Å². The topological polar surface area (TPSA) is 84.7 Å². The Bertz CT molecular complexity index is 626. The van der Waals surface area contributed by atoms with Gasteiger partial charge in [-0.1, -0.05) is 34.8 Å². The minimum Gasteiger partial charge on any atom is -0.373 e. The van der Waals surface area contributed by atoms with Crippen LogP contribution >= 0.6 is 34.8 Å². The number of halogens is 3. The minimum atomic E-state index is -1.76. The lowest BCUT2D eigenvalue weighted by atomic mass is 10.2. The molecule has 10 heteroatoms. The van der Waals surface area contributed by atoms with Crippen molar-refractivity contribution in [3.05, 3.63) is 39.9 Å². The van der Waals surface area contributed by atoms with Crippen LogP contribution in [0, 0.1) is 10.1 Å². The van der Waals surface area contributed by atoms with Crippen molar-refractivity contribution < 1.29 is 14.5 Å². The Hall–Kier alpha value is -1.12. The highest BCUT2D eigenvalue weighted by Gasteiger charge is 2.41. The quantitative estimate of drug-likeness (QED) is 0.468. The number of hydrogen-bond donors (Lipinski definition) is 1. The summed E-state index contributed by atoms with van der Waals surface area (Å²) < 4.78 is 3.90.